The zero-order valence-electron chi connectivity index (χ0n) is 16.4. The van der Waals surface area contributed by atoms with Gasteiger partial charge in [0.15, 0.2) is 5.96 Å². The van der Waals surface area contributed by atoms with Crippen LogP contribution in [0.4, 0.5) is 0 Å². The average molecular weight is 400 g/mol. The fourth-order valence-corrected chi connectivity index (χ4v) is 4.80. The maximum atomic E-state index is 5.81. The summed E-state index contributed by atoms with van der Waals surface area (Å²) in [5.74, 6) is 2.85. The monoisotopic (exact) mass is 399 g/mol. The standard InChI is InChI=1S/C22H29N3O2S/c1-28-18-9-8-16(15-18)24-22(23-12-10-17-5-4-13-26-17)25-20-11-14-27-21-7-3-2-6-19(20)21/h2-7,13,16,18,20H,8-12,14-15H2,1H3,(H2,23,24,25). The normalized spacial score (nSPS) is 24.5. The predicted octanol–water partition coefficient (Wildman–Crippen LogP) is 4.17. The van der Waals surface area contributed by atoms with Crippen molar-refractivity contribution in [2.45, 2.75) is 49.4 Å². The van der Waals surface area contributed by atoms with Crippen LogP contribution in [0.5, 0.6) is 5.75 Å². The van der Waals surface area contributed by atoms with Gasteiger partial charge in [-0.25, -0.2) is 0 Å². The van der Waals surface area contributed by atoms with Gasteiger partial charge in [0.1, 0.15) is 11.5 Å². The van der Waals surface area contributed by atoms with E-state index >= 15 is 0 Å². The van der Waals surface area contributed by atoms with Gasteiger partial charge in [0, 0.05) is 36.2 Å². The van der Waals surface area contributed by atoms with Crippen molar-refractivity contribution in [3.8, 4) is 5.75 Å². The van der Waals surface area contributed by atoms with Crippen molar-refractivity contribution in [3.63, 3.8) is 0 Å². The number of hydrogen-bond acceptors (Lipinski definition) is 4. The highest BCUT2D eigenvalue weighted by Gasteiger charge is 2.26. The van der Waals surface area contributed by atoms with E-state index in [1.807, 2.05) is 36.0 Å². The number of para-hydroxylation sites is 1. The molecule has 0 saturated heterocycles. The number of furan rings is 1. The highest BCUT2D eigenvalue weighted by molar-refractivity contribution is 7.99. The first-order valence-corrected chi connectivity index (χ1v) is 11.4. The first-order chi connectivity index (χ1) is 13.8. The number of ether oxygens (including phenoxy) is 1. The molecule has 3 unspecified atom stereocenters. The Kier molecular flexibility index (Phi) is 6.47. The second-order valence-corrected chi connectivity index (χ2v) is 8.58. The topological polar surface area (TPSA) is 58.8 Å². The summed E-state index contributed by atoms with van der Waals surface area (Å²) in [6, 6.07) is 12.9. The Hall–Kier alpha value is -2.08. The minimum atomic E-state index is 0.220. The molecule has 28 heavy (non-hydrogen) atoms. The van der Waals surface area contributed by atoms with Gasteiger partial charge in [0.2, 0.25) is 0 Å². The van der Waals surface area contributed by atoms with E-state index < -0.39 is 0 Å². The number of fused-ring (bicyclic) bond motifs is 1. The molecule has 0 radical (unpaired) electrons. The second kappa shape index (κ2) is 9.41. The van der Waals surface area contributed by atoms with Crippen molar-refractivity contribution in [3.05, 3.63) is 54.0 Å². The summed E-state index contributed by atoms with van der Waals surface area (Å²) in [7, 11) is 0. The van der Waals surface area contributed by atoms with E-state index in [-0.39, 0.29) is 6.04 Å². The van der Waals surface area contributed by atoms with Crippen LogP contribution in [-0.4, -0.2) is 36.7 Å². The van der Waals surface area contributed by atoms with E-state index in [1.165, 1.54) is 24.8 Å². The van der Waals surface area contributed by atoms with Gasteiger partial charge in [-0.3, -0.25) is 4.99 Å². The third-order valence-corrected chi connectivity index (χ3v) is 6.63. The lowest BCUT2D eigenvalue weighted by Gasteiger charge is -2.29. The maximum Gasteiger partial charge on any atom is 0.191 e. The van der Waals surface area contributed by atoms with Crippen LogP contribution in [0, 0.1) is 0 Å². The molecular formula is C22H29N3O2S. The highest BCUT2D eigenvalue weighted by Crippen LogP contribution is 2.32. The SMILES string of the molecule is CSC1CCC(NC(=NCCc2ccco2)NC2CCOc3ccccc32)C1. The van der Waals surface area contributed by atoms with Crippen LogP contribution in [0.3, 0.4) is 0 Å². The molecule has 1 saturated carbocycles. The fourth-order valence-electron chi connectivity index (χ4n) is 4.00. The number of rotatable bonds is 6. The summed E-state index contributed by atoms with van der Waals surface area (Å²) >= 11 is 1.98. The van der Waals surface area contributed by atoms with E-state index in [1.54, 1.807) is 6.26 Å². The van der Waals surface area contributed by atoms with Crippen molar-refractivity contribution >= 4 is 17.7 Å². The van der Waals surface area contributed by atoms with Gasteiger partial charge in [-0.2, -0.15) is 11.8 Å². The van der Waals surface area contributed by atoms with Gasteiger partial charge < -0.3 is 19.8 Å². The third kappa shape index (κ3) is 4.85. The fraction of sp³-hybridized carbons (Fsp3) is 0.500. The molecule has 4 rings (SSSR count). The van der Waals surface area contributed by atoms with Crippen LogP contribution >= 0.6 is 11.8 Å². The van der Waals surface area contributed by atoms with Crippen molar-refractivity contribution in [1.82, 2.24) is 10.6 Å². The first kappa shape index (κ1) is 19.2. The average Bonchev–Trinajstić information content (AvgIpc) is 3.40. The molecule has 0 bridgehead atoms. The molecule has 2 aliphatic rings. The summed E-state index contributed by atoms with van der Waals surface area (Å²) in [5.41, 5.74) is 1.21. The molecule has 1 aliphatic heterocycles. The van der Waals surface area contributed by atoms with Gasteiger partial charge in [0.25, 0.3) is 0 Å². The smallest absolute Gasteiger partial charge is 0.191 e. The van der Waals surface area contributed by atoms with E-state index in [0.29, 0.717) is 12.6 Å². The Morgan fingerprint density at radius 2 is 2.07 bits per heavy atom. The third-order valence-electron chi connectivity index (χ3n) is 5.54. The Morgan fingerprint density at radius 3 is 2.89 bits per heavy atom. The molecule has 6 heteroatoms. The van der Waals surface area contributed by atoms with Crippen LogP contribution < -0.4 is 15.4 Å². The molecule has 2 heterocycles. The van der Waals surface area contributed by atoms with Crippen LogP contribution in [-0.2, 0) is 6.42 Å². The summed E-state index contributed by atoms with van der Waals surface area (Å²) in [6.07, 6.45) is 9.35. The van der Waals surface area contributed by atoms with Crippen LogP contribution in [0.2, 0.25) is 0 Å². The Bertz CT molecular complexity index is 778. The second-order valence-electron chi connectivity index (χ2n) is 7.44. The van der Waals surface area contributed by atoms with E-state index in [9.17, 15) is 0 Å². The van der Waals surface area contributed by atoms with E-state index in [4.69, 9.17) is 14.1 Å². The molecule has 2 N–H and O–H groups in total. The Balaban J connectivity index is 1.44. The summed E-state index contributed by atoms with van der Waals surface area (Å²) in [6.45, 7) is 1.43. The van der Waals surface area contributed by atoms with E-state index in [0.717, 1.165) is 42.2 Å². The number of aliphatic imine (C=N–C) groups is 1. The van der Waals surface area contributed by atoms with Crippen molar-refractivity contribution < 1.29 is 9.15 Å². The Morgan fingerprint density at radius 1 is 1.14 bits per heavy atom. The molecule has 3 atom stereocenters. The molecule has 1 aromatic heterocycles. The molecule has 2 aromatic rings. The minimum absolute atomic E-state index is 0.220. The summed E-state index contributed by atoms with van der Waals surface area (Å²) in [4.78, 5) is 4.87. The first-order valence-electron chi connectivity index (χ1n) is 10.2. The number of benzene rings is 1. The van der Waals surface area contributed by atoms with Crippen molar-refractivity contribution in [2.75, 3.05) is 19.4 Å². The minimum Gasteiger partial charge on any atom is -0.493 e. The molecule has 150 valence electrons. The number of thioether (sulfide) groups is 1. The van der Waals surface area contributed by atoms with Crippen LogP contribution in [0.25, 0.3) is 0 Å². The number of guanidine groups is 1. The number of nitrogens with one attached hydrogen (secondary N) is 2. The van der Waals surface area contributed by atoms with E-state index in [2.05, 4.69) is 29.0 Å². The number of nitrogens with zero attached hydrogens (tertiary/aromatic N) is 1. The van der Waals surface area contributed by atoms with Gasteiger partial charge in [0.05, 0.1) is 18.9 Å². The largest absolute Gasteiger partial charge is 0.493 e. The zero-order valence-corrected chi connectivity index (χ0v) is 17.2. The molecular weight excluding hydrogens is 370 g/mol. The lowest BCUT2D eigenvalue weighted by Crippen LogP contribution is -2.45. The lowest BCUT2D eigenvalue weighted by atomic mass is 10.0. The maximum absolute atomic E-state index is 5.81. The van der Waals surface area contributed by atoms with Crippen molar-refractivity contribution in [1.29, 1.82) is 0 Å². The zero-order chi connectivity index (χ0) is 19.2. The molecule has 1 aliphatic carbocycles. The van der Waals surface area contributed by atoms with Crippen LogP contribution in [0.15, 0.2) is 52.1 Å². The highest BCUT2D eigenvalue weighted by atomic mass is 32.2. The quantitative estimate of drug-likeness (QED) is 0.564. The van der Waals surface area contributed by atoms with Gasteiger partial charge >= 0.3 is 0 Å². The molecule has 0 spiro atoms. The lowest BCUT2D eigenvalue weighted by molar-refractivity contribution is 0.261. The van der Waals surface area contributed by atoms with Gasteiger partial charge in [-0.05, 0) is 43.7 Å². The summed E-state index contributed by atoms with van der Waals surface area (Å²) < 4.78 is 11.3. The molecule has 0 amide bonds. The van der Waals surface area contributed by atoms with Gasteiger partial charge in [-0.15, -0.1) is 0 Å². The predicted molar refractivity (Wildman–Crippen MR) is 115 cm³/mol. The van der Waals surface area contributed by atoms with Gasteiger partial charge in [-0.1, -0.05) is 18.2 Å². The summed E-state index contributed by atoms with van der Waals surface area (Å²) in [5, 5.41) is 8.12. The van der Waals surface area contributed by atoms with Crippen LogP contribution in [0.1, 0.15) is 43.0 Å². The number of hydrogen-bond donors (Lipinski definition) is 2. The molecule has 5 nitrogen and oxygen atoms in total. The molecule has 1 aromatic carbocycles. The Labute approximate surface area is 171 Å². The molecule has 1 fully saturated rings. The van der Waals surface area contributed by atoms with Crippen molar-refractivity contribution in [2.24, 2.45) is 4.99 Å².